The highest BCUT2D eigenvalue weighted by Gasteiger charge is 2.20. The fourth-order valence-corrected chi connectivity index (χ4v) is 3.56. The minimum atomic E-state index is -3.89. The van der Waals surface area contributed by atoms with E-state index in [1.165, 1.54) is 18.2 Å². The molecule has 0 aliphatic heterocycles. The van der Waals surface area contributed by atoms with Crippen molar-refractivity contribution >= 4 is 21.6 Å². The third kappa shape index (κ3) is 5.66. The molecule has 0 saturated carbocycles. The van der Waals surface area contributed by atoms with Gasteiger partial charge in [-0.25, -0.2) is 13.6 Å². The molecule has 174 valence electrons. The molecule has 0 atom stereocenters. The van der Waals surface area contributed by atoms with Crippen molar-refractivity contribution in [1.29, 1.82) is 0 Å². The van der Waals surface area contributed by atoms with Gasteiger partial charge in [0.2, 0.25) is 10.0 Å². The smallest absolute Gasteiger partial charge is 0.259 e. The van der Waals surface area contributed by atoms with Crippen LogP contribution in [0.2, 0.25) is 0 Å². The Hall–Kier alpha value is -3.36. The van der Waals surface area contributed by atoms with E-state index in [-0.39, 0.29) is 14.6 Å². The number of methoxy groups -OCH3 is 1. The zero-order valence-electron chi connectivity index (χ0n) is 18.4. The van der Waals surface area contributed by atoms with E-state index >= 15 is 0 Å². The van der Waals surface area contributed by atoms with Gasteiger partial charge in [0.15, 0.2) is 0 Å². The van der Waals surface area contributed by atoms with E-state index in [1.807, 2.05) is 12.1 Å². The number of carbonyl (C=O) groups is 1. The minimum Gasteiger partial charge on any atom is -0.497 e. The van der Waals surface area contributed by atoms with E-state index in [0.29, 0.717) is 28.5 Å². The van der Waals surface area contributed by atoms with E-state index in [4.69, 9.17) is 14.6 Å². The van der Waals surface area contributed by atoms with Crippen molar-refractivity contribution in [2.45, 2.75) is 31.1 Å². The van der Waals surface area contributed by atoms with Gasteiger partial charge in [-0.15, -0.1) is 0 Å². The quantitative estimate of drug-likeness (QED) is 0.510. The number of carbonyl (C=O) groups excluding carboxylic acids is 1. The molecule has 0 aromatic heterocycles. The van der Waals surface area contributed by atoms with Crippen molar-refractivity contribution in [2.24, 2.45) is 5.14 Å². The second kappa shape index (κ2) is 9.02. The molecule has 7 nitrogen and oxygen atoms in total. The van der Waals surface area contributed by atoms with Crippen LogP contribution in [-0.2, 0) is 15.4 Å². The molecule has 0 aliphatic rings. The summed E-state index contributed by atoms with van der Waals surface area (Å²) >= 11 is 0. The van der Waals surface area contributed by atoms with Gasteiger partial charge in [0.05, 0.1) is 17.6 Å². The van der Waals surface area contributed by atoms with Crippen molar-refractivity contribution in [2.75, 3.05) is 12.4 Å². The van der Waals surface area contributed by atoms with Crippen LogP contribution in [0, 0.1) is 0 Å². The highest BCUT2D eigenvalue weighted by atomic mass is 32.2. The Morgan fingerprint density at radius 1 is 0.969 bits per heavy atom. The average Bonchev–Trinajstić information content (AvgIpc) is 2.72. The van der Waals surface area contributed by atoms with E-state index in [0.717, 1.165) is 5.56 Å². The first-order valence-electron chi connectivity index (χ1n) is 9.88. The van der Waals surface area contributed by atoms with Crippen LogP contribution in [-0.4, -0.2) is 21.4 Å². The second-order valence-corrected chi connectivity index (χ2v) is 9.83. The summed E-state index contributed by atoms with van der Waals surface area (Å²) in [5, 5.41) is 7.90. The summed E-state index contributed by atoms with van der Waals surface area (Å²) in [7, 11) is -2.33. The summed E-state index contributed by atoms with van der Waals surface area (Å²) < 4.78 is 34.5. The average molecular weight is 461 g/mol. The van der Waals surface area contributed by atoms with E-state index in [9.17, 15) is 13.2 Å². The number of nitrogens with two attached hydrogens (primary N) is 1. The lowest BCUT2D eigenvalue weighted by Gasteiger charge is -2.21. The fourth-order valence-electron chi connectivity index (χ4n) is 3.00. The van der Waals surface area contributed by atoms with Crippen LogP contribution in [0.25, 0.3) is 0 Å². The molecule has 3 aromatic carbocycles. The summed E-state index contributed by atoms with van der Waals surface area (Å²) in [5.41, 5.74) is 1.42. The first-order chi connectivity index (χ1) is 15.0. The monoisotopic (exact) mass is 460 g/mol. The molecule has 32 heavy (non-hydrogen) atoms. The van der Waals surface area contributed by atoms with Crippen LogP contribution in [0.4, 0.5) is 5.69 Å². The number of ether oxygens (including phenoxy) is 2. The summed E-state index contributed by atoms with van der Waals surface area (Å²) in [6.07, 6.45) is 0. The Bertz CT molecular complexity index is 1260. The maximum atomic E-state index is 13.1. The molecule has 0 fully saturated rings. The Morgan fingerprint density at radius 3 is 2.31 bits per heavy atom. The first-order valence-corrected chi connectivity index (χ1v) is 11.4. The third-order valence-corrected chi connectivity index (χ3v) is 5.69. The topological polar surface area (TPSA) is 108 Å². The molecule has 0 unspecified atom stereocenters. The van der Waals surface area contributed by atoms with Crippen LogP contribution in [0.5, 0.6) is 17.2 Å². The van der Waals surface area contributed by atoms with Gasteiger partial charge in [0.1, 0.15) is 17.2 Å². The van der Waals surface area contributed by atoms with E-state index in [1.54, 1.807) is 43.5 Å². The number of primary sulfonamides is 1. The van der Waals surface area contributed by atoms with E-state index < -0.39 is 15.9 Å². The lowest BCUT2D eigenvalue weighted by atomic mass is 9.86. The second-order valence-electron chi connectivity index (χ2n) is 8.27. The Morgan fingerprint density at radius 2 is 1.66 bits per heavy atom. The lowest BCUT2D eigenvalue weighted by molar-refractivity contribution is 0.102. The highest BCUT2D eigenvalue weighted by Crippen LogP contribution is 2.33. The van der Waals surface area contributed by atoms with Gasteiger partial charge < -0.3 is 14.8 Å². The number of hydrogen-bond donors (Lipinski definition) is 2. The van der Waals surface area contributed by atoms with Gasteiger partial charge in [0, 0.05) is 16.0 Å². The Kier molecular flexibility index (Phi) is 6.57. The van der Waals surface area contributed by atoms with E-state index in [2.05, 4.69) is 26.1 Å². The van der Waals surface area contributed by atoms with Crippen molar-refractivity contribution in [3.8, 4) is 17.2 Å². The molecule has 0 radical (unpaired) electrons. The predicted molar refractivity (Wildman–Crippen MR) is 130 cm³/mol. The molecular formula is C24H32N2O5S. The SMILES string of the molecule is COc1cccc(Oc2cc(C(C)(C)C)ccc2C(=O)Nc2cccc(S(N)(=O)=O)c2)c1.[HH].[HH].[HH]. The van der Waals surface area contributed by atoms with Gasteiger partial charge in [0.25, 0.3) is 5.91 Å². The molecule has 0 saturated heterocycles. The molecule has 8 heteroatoms. The van der Waals surface area contributed by atoms with Gasteiger partial charge in [-0.3, -0.25) is 4.79 Å². The fraction of sp³-hybridized carbons (Fsp3) is 0.208. The van der Waals surface area contributed by atoms with Gasteiger partial charge in [-0.2, -0.15) is 0 Å². The molecule has 3 rings (SSSR count). The summed E-state index contributed by atoms with van der Waals surface area (Å²) in [4.78, 5) is 13.0. The lowest BCUT2D eigenvalue weighted by Crippen LogP contribution is -2.16. The number of amides is 1. The number of rotatable bonds is 6. The van der Waals surface area contributed by atoms with Crippen molar-refractivity contribution in [3.05, 3.63) is 77.9 Å². The number of anilines is 1. The first kappa shape index (κ1) is 23.3. The molecular weight excluding hydrogens is 428 g/mol. The predicted octanol–water partition coefficient (Wildman–Crippen LogP) is 5.42. The Labute approximate surface area is 192 Å². The maximum Gasteiger partial charge on any atom is 0.259 e. The van der Waals surface area contributed by atoms with Crippen molar-refractivity contribution in [3.63, 3.8) is 0 Å². The van der Waals surface area contributed by atoms with Crippen LogP contribution < -0.4 is 19.9 Å². The maximum absolute atomic E-state index is 13.1. The standard InChI is InChI=1S/C24H26N2O5S.3H2/c1-24(2,3)16-11-12-21(22(13-16)31-19-9-6-8-18(15-19)30-4)23(27)26-17-7-5-10-20(14-17)32(25,28)29;;;/h5-15H,1-4H3,(H,26,27)(H2,25,28,29);3*1H. The van der Waals surface area contributed by atoms with Gasteiger partial charge in [-0.1, -0.05) is 39.0 Å². The summed E-state index contributed by atoms with van der Waals surface area (Å²) in [5.74, 6) is 1.06. The molecule has 0 heterocycles. The van der Waals surface area contributed by atoms with Gasteiger partial charge >= 0.3 is 0 Å². The summed E-state index contributed by atoms with van der Waals surface area (Å²) in [6, 6.07) is 18.2. The molecule has 1 amide bonds. The number of sulfonamides is 1. The molecule has 3 N–H and O–H groups in total. The zero-order chi connectivity index (χ0) is 23.5. The third-order valence-electron chi connectivity index (χ3n) is 4.78. The van der Waals surface area contributed by atoms with Crippen LogP contribution in [0.1, 0.15) is 41.0 Å². The van der Waals surface area contributed by atoms with Crippen molar-refractivity contribution in [1.82, 2.24) is 0 Å². The molecule has 0 spiro atoms. The van der Waals surface area contributed by atoms with Crippen LogP contribution in [0.15, 0.2) is 71.6 Å². The van der Waals surface area contributed by atoms with Crippen LogP contribution >= 0.6 is 0 Å². The van der Waals surface area contributed by atoms with Gasteiger partial charge in [-0.05, 0) is 53.4 Å². The zero-order valence-corrected chi connectivity index (χ0v) is 19.2. The number of nitrogens with one attached hydrogen (secondary N) is 1. The van der Waals surface area contributed by atoms with Crippen molar-refractivity contribution < 1.29 is 27.0 Å². The normalized spacial score (nSPS) is 11.7. The molecule has 0 bridgehead atoms. The van der Waals surface area contributed by atoms with Crippen LogP contribution in [0.3, 0.4) is 0 Å². The highest BCUT2D eigenvalue weighted by molar-refractivity contribution is 7.89. The molecule has 0 aliphatic carbocycles. The minimum absolute atomic E-state index is 0. The number of hydrogen-bond acceptors (Lipinski definition) is 5. The Balaban J connectivity index is 0.00000385. The largest absolute Gasteiger partial charge is 0.497 e. The number of benzene rings is 3. The summed E-state index contributed by atoms with van der Waals surface area (Å²) in [6.45, 7) is 6.20. The molecule has 3 aromatic rings.